The number of hydrogen-bond acceptors (Lipinski definition) is 5. The highest BCUT2D eigenvalue weighted by atomic mass is 19.1. The van der Waals surface area contributed by atoms with Gasteiger partial charge < -0.3 is 14.6 Å². The van der Waals surface area contributed by atoms with Gasteiger partial charge in [0, 0.05) is 24.8 Å². The van der Waals surface area contributed by atoms with Gasteiger partial charge in [-0.2, -0.15) is 5.26 Å². The van der Waals surface area contributed by atoms with E-state index in [1.165, 1.54) is 31.3 Å². The van der Waals surface area contributed by atoms with Gasteiger partial charge >= 0.3 is 5.97 Å². The number of H-pyrrole nitrogens is 1. The number of nitrogens with one attached hydrogen (secondary N) is 1. The Morgan fingerprint density at radius 3 is 2.46 bits per heavy atom. The first-order chi connectivity index (χ1) is 13.3. The van der Waals surface area contributed by atoms with Crippen molar-refractivity contribution < 1.29 is 23.5 Å². The number of halogens is 1. The average Bonchev–Trinajstić information content (AvgIpc) is 3.02. The highest BCUT2D eigenvalue weighted by Crippen LogP contribution is 2.32. The number of esters is 1. The molecule has 0 aliphatic carbocycles. The lowest BCUT2D eigenvalue weighted by Gasteiger charge is -2.14. The Hall–Kier alpha value is -3.47. The van der Waals surface area contributed by atoms with Gasteiger partial charge in [0.2, 0.25) is 0 Å². The van der Waals surface area contributed by atoms with E-state index < -0.39 is 23.5 Å². The van der Waals surface area contributed by atoms with Gasteiger partial charge in [-0.15, -0.1) is 0 Å². The zero-order chi connectivity index (χ0) is 20.8. The van der Waals surface area contributed by atoms with E-state index >= 15 is 0 Å². The van der Waals surface area contributed by atoms with Crippen LogP contribution in [0.25, 0.3) is 11.1 Å². The molecule has 1 N–H and O–H groups in total. The van der Waals surface area contributed by atoms with Crippen molar-refractivity contribution in [3.05, 3.63) is 47.0 Å². The molecule has 146 valence electrons. The number of amides is 1. The van der Waals surface area contributed by atoms with Gasteiger partial charge in [-0.25, -0.2) is 9.18 Å². The number of aromatic nitrogens is 1. The number of rotatable bonds is 7. The van der Waals surface area contributed by atoms with Crippen molar-refractivity contribution in [2.45, 2.75) is 20.3 Å². The highest BCUT2D eigenvalue weighted by Gasteiger charge is 2.31. The molecular formula is C20H20FN3O4. The first kappa shape index (κ1) is 20.8. The van der Waals surface area contributed by atoms with Crippen molar-refractivity contribution in [3.8, 4) is 17.2 Å². The van der Waals surface area contributed by atoms with Gasteiger partial charge in [0.05, 0.1) is 24.7 Å². The number of nitrogens with zero attached hydrogens (tertiary/aromatic N) is 2. The number of carbonyl (C=O) groups is 3. The first-order valence-corrected chi connectivity index (χ1v) is 8.64. The summed E-state index contributed by atoms with van der Waals surface area (Å²) in [7, 11) is 1.41. The Morgan fingerprint density at radius 1 is 1.25 bits per heavy atom. The summed E-state index contributed by atoms with van der Waals surface area (Å²) in [5.74, 6) is -2.82. The largest absolute Gasteiger partial charge is 0.462 e. The van der Waals surface area contributed by atoms with Gasteiger partial charge in [-0.05, 0) is 31.5 Å². The molecule has 0 radical (unpaired) electrons. The fraction of sp³-hybridized carbons (Fsp3) is 0.300. The molecule has 0 bridgehead atoms. The number of aromatic amines is 1. The molecule has 2 rings (SSSR count). The lowest BCUT2D eigenvalue weighted by atomic mass is 9.98. The van der Waals surface area contributed by atoms with Crippen LogP contribution in [-0.2, 0) is 9.53 Å². The fourth-order valence-electron chi connectivity index (χ4n) is 2.76. The SMILES string of the molecule is CCOC(=O)c1c(C)[nH]c(C(=O)C(=O)N(C)CCC#N)c1-c1ccc(F)cc1. The van der Waals surface area contributed by atoms with Crippen LogP contribution in [0.5, 0.6) is 0 Å². The Labute approximate surface area is 161 Å². The third-order valence-electron chi connectivity index (χ3n) is 4.13. The molecule has 0 aliphatic heterocycles. The molecule has 1 aromatic carbocycles. The van der Waals surface area contributed by atoms with Crippen LogP contribution in [0.1, 0.15) is 39.9 Å². The normalized spacial score (nSPS) is 10.2. The molecule has 7 nitrogen and oxygen atoms in total. The number of Topliss-reactive ketones (excluding diaryl/α,β-unsaturated/α-hetero) is 1. The maximum absolute atomic E-state index is 13.3. The second-order valence-electron chi connectivity index (χ2n) is 6.07. The molecule has 0 unspecified atom stereocenters. The molecule has 1 aromatic heterocycles. The van der Waals surface area contributed by atoms with Crippen LogP contribution in [0, 0.1) is 24.1 Å². The van der Waals surface area contributed by atoms with Crippen LogP contribution >= 0.6 is 0 Å². The molecule has 0 atom stereocenters. The molecule has 0 saturated carbocycles. The molecule has 1 heterocycles. The number of ether oxygens (including phenoxy) is 1. The van der Waals surface area contributed by atoms with Crippen molar-refractivity contribution in [2.24, 2.45) is 0 Å². The lowest BCUT2D eigenvalue weighted by Crippen LogP contribution is -2.34. The van der Waals surface area contributed by atoms with Crippen molar-refractivity contribution in [2.75, 3.05) is 20.2 Å². The molecular weight excluding hydrogens is 365 g/mol. The predicted molar refractivity (Wildman–Crippen MR) is 99.1 cm³/mol. The fourth-order valence-corrected chi connectivity index (χ4v) is 2.76. The Bertz CT molecular complexity index is 942. The molecule has 1 amide bonds. The van der Waals surface area contributed by atoms with Crippen molar-refractivity contribution in [3.63, 3.8) is 0 Å². The summed E-state index contributed by atoms with van der Waals surface area (Å²) in [4.78, 5) is 41.7. The molecule has 2 aromatic rings. The summed E-state index contributed by atoms with van der Waals surface area (Å²) in [5.41, 5.74) is 0.964. The van der Waals surface area contributed by atoms with Gasteiger partial charge in [0.25, 0.3) is 11.7 Å². The minimum Gasteiger partial charge on any atom is -0.462 e. The van der Waals surface area contributed by atoms with E-state index in [0.29, 0.717) is 11.3 Å². The number of carbonyl (C=O) groups excluding carboxylic acids is 3. The van der Waals surface area contributed by atoms with Crippen LogP contribution in [-0.4, -0.2) is 47.7 Å². The zero-order valence-corrected chi connectivity index (χ0v) is 15.8. The van der Waals surface area contributed by atoms with Gasteiger partial charge in [0.1, 0.15) is 11.5 Å². The van der Waals surface area contributed by atoms with Gasteiger partial charge in [-0.3, -0.25) is 9.59 Å². The van der Waals surface area contributed by atoms with E-state index in [1.54, 1.807) is 13.8 Å². The van der Waals surface area contributed by atoms with E-state index in [2.05, 4.69) is 4.98 Å². The summed E-state index contributed by atoms with van der Waals surface area (Å²) in [5, 5.41) is 8.66. The first-order valence-electron chi connectivity index (χ1n) is 8.64. The Morgan fingerprint density at radius 2 is 1.89 bits per heavy atom. The summed E-state index contributed by atoms with van der Waals surface area (Å²) < 4.78 is 18.4. The predicted octanol–water partition coefficient (Wildman–Crippen LogP) is 2.86. The number of aryl methyl sites for hydroxylation is 1. The number of ketones is 1. The number of benzene rings is 1. The third kappa shape index (κ3) is 4.26. The van der Waals surface area contributed by atoms with Gasteiger partial charge in [-0.1, -0.05) is 12.1 Å². The van der Waals surface area contributed by atoms with Crippen molar-refractivity contribution >= 4 is 17.7 Å². The minimum atomic E-state index is -0.863. The van der Waals surface area contributed by atoms with Crippen molar-refractivity contribution in [1.82, 2.24) is 9.88 Å². The summed E-state index contributed by atoms with van der Waals surface area (Å²) in [6, 6.07) is 7.14. The van der Waals surface area contributed by atoms with Crippen LogP contribution < -0.4 is 0 Å². The van der Waals surface area contributed by atoms with Crippen LogP contribution in [0.15, 0.2) is 24.3 Å². The quantitative estimate of drug-likeness (QED) is 0.448. The number of likely N-dealkylation sites (N-methyl/N-ethyl adjacent to an activating group) is 1. The molecule has 0 fully saturated rings. The third-order valence-corrected chi connectivity index (χ3v) is 4.13. The topological polar surface area (TPSA) is 103 Å². The lowest BCUT2D eigenvalue weighted by molar-refractivity contribution is -0.125. The monoisotopic (exact) mass is 385 g/mol. The maximum atomic E-state index is 13.3. The smallest absolute Gasteiger partial charge is 0.340 e. The average molecular weight is 385 g/mol. The number of hydrogen-bond donors (Lipinski definition) is 1. The number of nitriles is 1. The standard InChI is InChI=1S/C20H20FN3O4/c1-4-28-20(27)15-12(2)23-17(16(15)13-6-8-14(21)9-7-13)18(25)19(26)24(3)11-5-10-22/h6-9,23H,4-5,11H2,1-3H3. The summed E-state index contributed by atoms with van der Waals surface area (Å²) in [6.45, 7) is 3.46. The molecule has 8 heteroatoms. The van der Waals surface area contributed by atoms with E-state index in [9.17, 15) is 18.8 Å². The maximum Gasteiger partial charge on any atom is 0.340 e. The highest BCUT2D eigenvalue weighted by molar-refractivity contribution is 6.43. The zero-order valence-electron chi connectivity index (χ0n) is 15.8. The second-order valence-corrected chi connectivity index (χ2v) is 6.07. The van der Waals surface area contributed by atoms with E-state index in [1.807, 2.05) is 6.07 Å². The Balaban J connectivity index is 2.58. The van der Waals surface area contributed by atoms with Crippen LogP contribution in [0.3, 0.4) is 0 Å². The molecule has 0 aliphatic rings. The van der Waals surface area contributed by atoms with E-state index in [4.69, 9.17) is 10.00 Å². The molecule has 0 saturated heterocycles. The second kappa shape index (κ2) is 8.95. The summed E-state index contributed by atoms with van der Waals surface area (Å²) >= 11 is 0. The minimum absolute atomic E-state index is 0.0815. The van der Waals surface area contributed by atoms with Gasteiger partial charge in [0.15, 0.2) is 0 Å². The van der Waals surface area contributed by atoms with E-state index in [-0.39, 0.29) is 36.4 Å². The van der Waals surface area contributed by atoms with Crippen LogP contribution in [0.4, 0.5) is 4.39 Å². The Kier molecular flexibility index (Phi) is 6.66. The summed E-state index contributed by atoms with van der Waals surface area (Å²) in [6.07, 6.45) is 0.0815. The van der Waals surface area contributed by atoms with Crippen LogP contribution in [0.2, 0.25) is 0 Å². The van der Waals surface area contributed by atoms with E-state index in [0.717, 1.165) is 4.90 Å². The molecule has 0 spiro atoms. The molecule has 28 heavy (non-hydrogen) atoms. The van der Waals surface area contributed by atoms with Crippen molar-refractivity contribution in [1.29, 1.82) is 5.26 Å².